The zero-order valence-corrected chi connectivity index (χ0v) is 17.5. The number of hydrogen-bond acceptors (Lipinski definition) is 2. The Morgan fingerprint density at radius 3 is 2.42 bits per heavy atom. The van der Waals surface area contributed by atoms with Crippen LogP contribution in [0.15, 0.2) is 54.7 Å². The van der Waals surface area contributed by atoms with Gasteiger partial charge in [-0.2, -0.15) is 13.2 Å². The summed E-state index contributed by atoms with van der Waals surface area (Å²) in [6.07, 6.45) is 0.884. The normalized spacial score (nSPS) is 19.4. The molecule has 3 aromatic rings. The maximum absolute atomic E-state index is 13.4. The monoisotopic (exact) mass is 446 g/mol. The molecule has 0 spiro atoms. The molecule has 162 valence electrons. The predicted molar refractivity (Wildman–Crippen MR) is 116 cm³/mol. The number of amides is 1. The minimum atomic E-state index is -4.43. The molecule has 1 N–H and O–H groups in total. The van der Waals surface area contributed by atoms with E-state index in [4.69, 9.17) is 11.6 Å². The standard InChI is InChI=1S/C24H22ClF3N2O/c25-17-8-10-18(11-9-17)30-22(31)14-15-4-6-16(7-5-15)19-12-13-29-23-20(19)2-1-3-21(23)24(26,27)28/h1-3,8-13,15-16H,4-7,14H2,(H,30,31). The Hall–Kier alpha value is -2.60. The van der Waals surface area contributed by atoms with Crippen LogP contribution in [-0.4, -0.2) is 10.9 Å². The molecule has 3 nitrogen and oxygen atoms in total. The van der Waals surface area contributed by atoms with Crippen LogP contribution in [0.2, 0.25) is 5.02 Å². The maximum Gasteiger partial charge on any atom is 0.418 e. The summed E-state index contributed by atoms with van der Waals surface area (Å²) >= 11 is 5.86. The molecule has 0 aliphatic heterocycles. The Labute approximate surface area is 183 Å². The summed E-state index contributed by atoms with van der Waals surface area (Å²) in [5.41, 5.74) is 0.948. The largest absolute Gasteiger partial charge is 0.418 e. The summed E-state index contributed by atoms with van der Waals surface area (Å²) in [4.78, 5) is 16.4. The van der Waals surface area contributed by atoms with Crippen molar-refractivity contribution in [2.75, 3.05) is 5.32 Å². The highest BCUT2D eigenvalue weighted by atomic mass is 35.5. The number of rotatable bonds is 4. The number of pyridine rings is 1. The number of alkyl halides is 3. The molecule has 0 bridgehead atoms. The molecule has 1 aliphatic carbocycles. The van der Waals surface area contributed by atoms with Crippen LogP contribution in [0, 0.1) is 5.92 Å². The van der Waals surface area contributed by atoms with E-state index in [1.165, 1.54) is 12.3 Å². The van der Waals surface area contributed by atoms with Crippen molar-refractivity contribution in [3.05, 3.63) is 70.9 Å². The third-order valence-electron chi connectivity index (χ3n) is 6.00. The van der Waals surface area contributed by atoms with Gasteiger partial charge in [0.1, 0.15) is 0 Å². The van der Waals surface area contributed by atoms with E-state index in [1.54, 1.807) is 30.3 Å². The number of hydrogen-bond donors (Lipinski definition) is 1. The summed E-state index contributed by atoms with van der Waals surface area (Å²) in [7, 11) is 0. The lowest BCUT2D eigenvalue weighted by atomic mass is 9.76. The molecule has 0 atom stereocenters. The highest BCUT2D eigenvalue weighted by Crippen LogP contribution is 2.41. The fourth-order valence-corrected chi connectivity index (χ4v) is 4.59. The molecule has 1 heterocycles. The van der Waals surface area contributed by atoms with Crippen molar-refractivity contribution in [1.82, 2.24) is 4.98 Å². The van der Waals surface area contributed by atoms with Crippen LogP contribution >= 0.6 is 11.6 Å². The van der Waals surface area contributed by atoms with Crippen LogP contribution in [0.1, 0.15) is 49.1 Å². The Balaban J connectivity index is 1.41. The van der Waals surface area contributed by atoms with Gasteiger partial charge in [-0.1, -0.05) is 23.7 Å². The van der Waals surface area contributed by atoms with E-state index in [1.807, 2.05) is 6.07 Å². The second-order valence-electron chi connectivity index (χ2n) is 8.08. The number of para-hydroxylation sites is 1. The van der Waals surface area contributed by atoms with Crippen molar-refractivity contribution in [1.29, 1.82) is 0 Å². The number of carbonyl (C=O) groups excluding carboxylic acids is 1. The zero-order valence-electron chi connectivity index (χ0n) is 16.8. The van der Waals surface area contributed by atoms with Gasteiger partial charge >= 0.3 is 6.18 Å². The molecule has 0 radical (unpaired) electrons. The lowest BCUT2D eigenvalue weighted by Gasteiger charge is -2.29. The number of nitrogens with zero attached hydrogens (tertiary/aromatic N) is 1. The number of nitrogens with one attached hydrogen (secondary N) is 1. The van der Waals surface area contributed by atoms with Gasteiger partial charge in [0, 0.05) is 28.7 Å². The van der Waals surface area contributed by atoms with E-state index in [-0.39, 0.29) is 23.3 Å². The third kappa shape index (κ3) is 5.01. The Kier molecular flexibility index (Phi) is 6.19. The van der Waals surface area contributed by atoms with Crippen molar-refractivity contribution in [3.8, 4) is 0 Å². The average Bonchev–Trinajstić information content (AvgIpc) is 2.74. The molecule has 1 saturated carbocycles. The zero-order chi connectivity index (χ0) is 22.0. The van der Waals surface area contributed by atoms with E-state index in [2.05, 4.69) is 10.3 Å². The highest BCUT2D eigenvalue weighted by molar-refractivity contribution is 6.30. The van der Waals surface area contributed by atoms with E-state index < -0.39 is 11.7 Å². The molecule has 1 fully saturated rings. The van der Waals surface area contributed by atoms with Gasteiger partial charge in [0.25, 0.3) is 0 Å². The first kappa shape index (κ1) is 21.6. The predicted octanol–water partition coefficient (Wildman–Crippen LogP) is 7.21. The summed E-state index contributed by atoms with van der Waals surface area (Å²) < 4.78 is 40.1. The molecule has 0 saturated heterocycles. The first-order valence-electron chi connectivity index (χ1n) is 10.3. The lowest BCUT2D eigenvalue weighted by molar-refractivity contribution is -0.136. The average molecular weight is 447 g/mol. The molecule has 4 rings (SSSR count). The molecule has 2 aromatic carbocycles. The van der Waals surface area contributed by atoms with Gasteiger partial charge in [-0.15, -0.1) is 0 Å². The van der Waals surface area contributed by atoms with Gasteiger partial charge in [0.05, 0.1) is 11.1 Å². The van der Waals surface area contributed by atoms with E-state index in [0.29, 0.717) is 22.5 Å². The van der Waals surface area contributed by atoms with E-state index >= 15 is 0 Å². The highest BCUT2D eigenvalue weighted by Gasteiger charge is 2.34. The molecule has 1 aliphatic rings. The van der Waals surface area contributed by atoms with Crippen molar-refractivity contribution in [2.45, 2.75) is 44.2 Å². The SMILES string of the molecule is O=C(CC1CCC(c2ccnc3c(C(F)(F)F)cccc23)CC1)Nc1ccc(Cl)cc1. The third-order valence-corrected chi connectivity index (χ3v) is 6.25. The smallest absolute Gasteiger partial charge is 0.326 e. The Morgan fingerprint density at radius 1 is 1.03 bits per heavy atom. The van der Waals surface area contributed by atoms with Gasteiger partial charge in [0.15, 0.2) is 0 Å². The molecule has 0 unspecified atom stereocenters. The van der Waals surface area contributed by atoms with Gasteiger partial charge in [0.2, 0.25) is 5.91 Å². The van der Waals surface area contributed by atoms with Gasteiger partial charge < -0.3 is 5.32 Å². The molecular weight excluding hydrogens is 425 g/mol. The van der Waals surface area contributed by atoms with Crippen molar-refractivity contribution >= 4 is 34.1 Å². The van der Waals surface area contributed by atoms with Gasteiger partial charge in [-0.3, -0.25) is 9.78 Å². The van der Waals surface area contributed by atoms with E-state index in [0.717, 1.165) is 37.3 Å². The number of halogens is 4. The summed E-state index contributed by atoms with van der Waals surface area (Å²) in [6, 6.07) is 13.1. The van der Waals surface area contributed by atoms with Gasteiger partial charge in [-0.25, -0.2) is 0 Å². The second-order valence-corrected chi connectivity index (χ2v) is 8.51. The van der Waals surface area contributed by atoms with Crippen molar-refractivity contribution in [2.24, 2.45) is 5.92 Å². The topological polar surface area (TPSA) is 42.0 Å². The van der Waals surface area contributed by atoms with Crippen LogP contribution in [0.5, 0.6) is 0 Å². The first-order valence-corrected chi connectivity index (χ1v) is 10.7. The minimum Gasteiger partial charge on any atom is -0.326 e. The Bertz CT molecular complexity index is 1070. The fraction of sp³-hybridized carbons (Fsp3) is 0.333. The number of fused-ring (bicyclic) bond motifs is 1. The number of aromatic nitrogens is 1. The molecule has 1 aromatic heterocycles. The minimum absolute atomic E-state index is 0.0111. The summed E-state index contributed by atoms with van der Waals surface area (Å²) in [6.45, 7) is 0. The van der Waals surface area contributed by atoms with Crippen LogP contribution in [0.4, 0.5) is 18.9 Å². The van der Waals surface area contributed by atoms with Crippen LogP contribution in [0.25, 0.3) is 10.9 Å². The number of anilines is 1. The molecular formula is C24H22ClF3N2O. The Morgan fingerprint density at radius 2 is 1.74 bits per heavy atom. The second kappa shape index (κ2) is 8.87. The molecule has 31 heavy (non-hydrogen) atoms. The van der Waals surface area contributed by atoms with E-state index in [9.17, 15) is 18.0 Å². The fourth-order valence-electron chi connectivity index (χ4n) is 4.47. The quantitative estimate of drug-likeness (QED) is 0.460. The van der Waals surface area contributed by atoms with Crippen molar-refractivity contribution in [3.63, 3.8) is 0 Å². The molecule has 7 heteroatoms. The first-order chi connectivity index (χ1) is 14.8. The maximum atomic E-state index is 13.4. The summed E-state index contributed by atoms with van der Waals surface area (Å²) in [5.74, 6) is 0.405. The summed E-state index contributed by atoms with van der Waals surface area (Å²) in [5, 5.41) is 4.08. The number of carbonyl (C=O) groups is 1. The molecule has 1 amide bonds. The van der Waals surface area contributed by atoms with Crippen molar-refractivity contribution < 1.29 is 18.0 Å². The van der Waals surface area contributed by atoms with Crippen LogP contribution in [0.3, 0.4) is 0 Å². The lowest BCUT2D eigenvalue weighted by Crippen LogP contribution is -2.20. The van der Waals surface area contributed by atoms with Crippen LogP contribution in [-0.2, 0) is 11.0 Å². The number of benzene rings is 2. The van der Waals surface area contributed by atoms with Gasteiger partial charge in [-0.05, 0) is 79.5 Å². The van der Waals surface area contributed by atoms with Crippen LogP contribution < -0.4 is 5.32 Å².